The van der Waals surface area contributed by atoms with Crippen molar-refractivity contribution in [2.24, 2.45) is 0 Å². The van der Waals surface area contributed by atoms with Crippen molar-refractivity contribution in [1.82, 2.24) is 0 Å². The normalized spacial score (nSPS) is 13.6. The Kier molecular flexibility index (Phi) is 4.39. The van der Waals surface area contributed by atoms with Crippen LogP contribution in [0.3, 0.4) is 0 Å². The van der Waals surface area contributed by atoms with E-state index in [1.54, 1.807) is 29.2 Å². The van der Waals surface area contributed by atoms with Crippen LogP contribution in [0.25, 0.3) is 0 Å². The van der Waals surface area contributed by atoms with Crippen molar-refractivity contribution in [3.8, 4) is 5.75 Å². The van der Waals surface area contributed by atoms with Crippen LogP contribution >= 0.6 is 0 Å². The molecule has 0 saturated heterocycles. The number of anilines is 1. The maximum atomic E-state index is 12.4. The van der Waals surface area contributed by atoms with Gasteiger partial charge < -0.3 is 14.7 Å². The first-order chi connectivity index (χ1) is 10.8. The summed E-state index contributed by atoms with van der Waals surface area (Å²) in [5, 5.41) is 9.01. The SMILES string of the molecule is O=C(COc1ccc(CO)cc1)N1CCCc2ccccc21. The van der Waals surface area contributed by atoms with Crippen LogP contribution in [0.4, 0.5) is 5.69 Å². The number of amides is 1. The van der Waals surface area contributed by atoms with Gasteiger partial charge in [0.25, 0.3) is 5.91 Å². The molecule has 0 unspecified atom stereocenters. The number of carbonyl (C=O) groups excluding carboxylic acids is 1. The Bertz CT molecular complexity index is 652. The Morgan fingerprint density at radius 2 is 1.91 bits per heavy atom. The molecule has 2 aromatic rings. The molecular formula is C18H19NO3. The highest BCUT2D eigenvalue weighted by Gasteiger charge is 2.22. The summed E-state index contributed by atoms with van der Waals surface area (Å²) in [6.45, 7) is 0.763. The van der Waals surface area contributed by atoms with Gasteiger partial charge >= 0.3 is 0 Å². The first-order valence-electron chi connectivity index (χ1n) is 7.49. The second-order valence-corrected chi connectivity index (χ2v) is 5.37. The van der Waals surface area contributed by atoms with Crippen molar-refractivity contribution in [2.45, 2.75) is 19.4 Å². The maximum absolute atomic E-state index is 12.4. The zero-order chi connectivity index (χ0) is 15.4. The van der Waals surface area contributed by atoms with E-state index in [9.17, 15) is 4.79 Å². The lowest BCUT2D eigenvalue weighted by Gasteiger charge is -2.29. The molecule has 0 atom stereocenters. The monoisotopic (exact) mass is 297 g/mol. The summed E-state index contributed by atoms with van der Waals surface area (Å²) in [5.41, 5.74) is 3.04. The molecule has 0 fully saturated rings. The predicted octanol–water partition coefficient (Wildman–Crippen LogP) is 2.54. The highest BCUT2D eigenvalue weighted by Crippen LogP contribution is 2.26. The fourth-order valence-electron chi connectivity index (χ4n) is 2.71. The lowest BCUT2D eigenvalue weighted by molar-refractivity contribution is -0.120. The molecule has 0 saturated carbocycles. The quantitative estimate of drug-likeness (QED) is 0.943. The largest absolute Gasteiger partial charge is 0.484 e. The van der Waals surface area contributed by atoms with Crippen LogP contribution in [0, 0.1) is 0 Å². The summed E-state index contributed by atoms with van der Waals surface area (Å²) < 4.78 is 5.56. The Labute approximate surface area is 130 Å². The molecule has 0 aromatic heterocycles. The summed E-state index contributed by atoms with van der Waals surface area (Å²) in [6, 6.07) is 15.1. The van der Waals surface area contributed by atoms with Gasteiger partial charge in [0.15, 0.2) is 6.61 Å². The molecule has 1 aliphatic heterocycles. The summed E-state index contributed by atoms with van der Waals surface area (Å²) in [4.78, 5) is 14.2. The van der Waals surface area contributed by atoms with Gasteiger partial charge in [0.2, 0.25) is 0 Å². The van der Waals surface area contributed by atoms with Crippen LogP contribution in [0.2, 0.25) is 0 Å². The first kappa shape index (κ1) is 14.6. The number of aliphatic hydroxyl groups excluding tert-OH is 1. The van der Waals surface area contributed by atoms with Crippen LogP contribution in [0.5, 0.6) is 5.75 Å². The van der Waals surface area contributed by atoms with E-state index < -0.39 is 0 Å². The topological polar surface area (TPSA) is 49.8 Å². The molecule has 4 nitrogen and oxygen atoms in total. The van der Waals surface area contributed by atoms with E-state index in [4.69, 9.17) is 9.84 Å². The third-order valence-corrected chi connectivity index (χ3v) is 3.88. The summed E-state index contributed by atoms with van der Waals surface area (Å²) in [6.07, 6.45) is 2.00. The molecule has 2 aromatic carbocycles. The highest BCUT2D eigenvalue weighted by atomic mass is 16.5. The van der Waals surface area contributed by atoms with Gasteiger partial charge in [-0.1, -0.05) is 30.3 Å². The molecule has 22 heavy (non-hydrogen) atoms. The molecular weight excluding hydrogens is 278 g/mol. The Hall–Kier alpha value is -2.33. The Morgan fingerprint density at radius 3 is 2.68 bits per heavy atom. The van der Waals surface area contributed by atoms with Gasteiger partial charge in [-0.05, 0) is 42.2 Å². The average Bonchev–Trinajstić information content (AvgIpc) is 2.59. The lowest BCUT2D eigenvalue weighted by atomic mass is 10.0. The van der Waals surface area contributed by atoms with Crippen LogP contribution in [0.1, 0.15) is 17.5 Å². The van der Waals surface area contributed by atoms with Crippen molar-refractivity contribution >= 4 is 11.6 Å². The molecule has 1 heterocycles. The Morgan fingerprint density at radius 1 is 1.14 bits per heavy atom. The number of ether oxygens (including phenoxy) is 1. The van der Waals surface area contributed by atoms with Crippen LogP contribution in [0.15, 0.2) is 48.5 Å². The minimum atomic E-state index is -0.0293. The second-order valence-electron chi connectivity index (χ2n) is 5.37. The molecule has 0 spiro atoms. The van der Waals surface area contributed by atoms with Crippen LogP contribution in [-0.4, -0.2) is 24.2 Å². The zero-order valence-electron chi connectivity index (χ0n) is 12.4. The maximum Gasteiger partial charge on any atom is 0.264 e. The van der Waals surface area contributed by atoms with Crippen LogP contribution < -0.4 is 9.64 Å². The van der Waals surface area contributed by atoms with Gasteiger partial charge in [-0.25, -0.2) is 0 Å². The van der Waals surface area contributed by atoms with Crippen molar-refractivity contribution in [3.05, 3.63) is 59.7 Å². The van der Waals surface area contributed by atoms with Gasteiger partial charge in [0.1, 0.15) is 5.75 Å². The molecule has 3 rings (SSSR count). The van der Waals surface area contributed by atoms with Crippen LogP contribution in [-0.2, 0) is 17.8 Å². The number of aryl methyl sites for hydroxylation is 1. The first-order valence-corrected chi connectivity index (χ1v) is 7.49. The van der Waals surface area contributed by atoms with E-state index in [2.05, 4.69) is 6.07 Å². The summed E-state index contributed by atoms with van der Waals surface area (Å²) in [7, 11) is 0. The van der Waals surface area contributed by atoms with E-state index in [-0.39, 0.29) is 19.1 Å². The smallest absolute Gasteiger partial charge is 0.264 e. The minimum absolute atomic E-state index is 0.00374. The minimum Gasteiger partial charge on any atom is -0.484 e. The molecule has 1 aliphatic rings. The fourth-order valence-corrected chi connectivity index (χ4v) is 2.71. The number of rotatable bonds is 4. The number of hydrogen-bond acceptors (Lipinski definition) is 3. The third kappa shape index (κ3) is 3.12. The number of benzene rings is 2. The molecule has 114 valence electrons. The van der Waals surface area contributed by atoms with E-state index in [1.165, 1.54) is 5.56 Å². The second kappa shape index (κ2) is 6.62. The van der Waals surface area contributed by atoms with E-state index in [0.717, 1.165) is 30.6 Å². The number of para-hydroxylation sites is 1. The van der Waals surface area contributed by atoms with Gasteiger partial charge in [-0.3, -0.25) is 4.79 Å². The number of nitrogens with zero attached hydrogens (tertiary/aromatic N) is 1. The zero-order valence-corrected chi connectivity index (χ0v) is 12.4. The molecule has 0 aliphatic carbocycles. The molecule has 1 amide bonds. The summed E-state index contributed by atoms with van der Waals surface area (Å²) >= 11 is 0. The van der Waals surface area contributed by atoms with Gasteiger partial charge in [0.05, 0.1) is 6.61 Å². The lowest BCUT2D eigenvalue weighted by Crippen LogP contribution is -2.38. The standard InChI is InChI=1S/C18H19NO3/c20-12-14-7-9-16(10-8-14)22-13-18(21)19-11-3-5-15-4-1-2-6-17(15)19/h1-2,4,6-10,20H,3,5,11-13H2. The highest BCUT2D eigenvalue weighted by molar-refractivity contribution is 5.95. The summed E-state index contributed by atoms with van der Waals surface area (Å²) in [5.74, 6) is 0.606. The van der Waals surface area contributed by atoms with Gasteiger partial charge in [0, 0.05) is 12.2 Å². The van der Waals surface area contributed by atoms with E-state index in [1.807, 2.05) is 18.2 Å². The predicted molar refractivity (Wildman–Crippen MR) is 85.0 cm³/mol. The average molecular weight is 297 g/mol. The van der Waals surface area contributed by atoms with Gasteiger partial charge in [-0.15, -0.1) is 0 Å². The number of carbonyl (C=O) groups is 1. The number of fused-ring (bicyclic) bond motifs is 1. The van der Waals surface area contributed by atoms with Crippen molar-refractivity contribution < 1.29 is 14.6 Å². The van der Waals surface area contributed by atoms with Crippen molar-refractivity contribution in [2.75, 3.05) is 18.1 Å². The van der Waals surface area contributed by atoms with Crippen molar-refractivity contribution in [3.63, 3.8) is 0 Å². The molecule has 1 N–H and O–H groups in total. The van der Waals surface area contributed by atoms with E-state index in [0.29, 0.717) is 5.75 Å². The number of hydrogen-bond donors (Lipinski definition) is 1. The Balaban J connectivity index is 1.65. The fraction of sp³-hybridized carbons (Fsp3) is 0.278. The number of aliphatic hydroxyl groups is 1. The van der Waals surface area contributed by atoms with Gasteiger partial charge in [-0.2, -0.15) is 0 Å². The molecule has 4 heteroatoms. The molecule has 0 bridgehead atoms. The van der Waals surface area contributed by atoms with Crippen molar-refractivity contribution in [1.29, 1.82) is 0 Å². The van der Waals surface area contributed by atoms with E-state index >= 15 is 0 Å². The third-order valence-electron chi connectivity index (χ3n) is 3.88. The molecule has 0 radical (unpaired) electrons.